The van der Waals surface area contributed by atoms with Gasteiger partial charge in [0.2, 0.25) is 15.9 Å². The lowest BCUT2D eigenvalue weighted by Crippen LogP contribution is -2.23. The quantitative estimate of drug-likeness (QED) is 0.192. The summed E-state index contributed by atoms with van der Waals surface area (Å²) >= 11 is 2.62. The molecule has 0 radical (unpaired) electrons. The number of amides is 1. The Labute approximate surface area is 240 Å². The second-order valence-electron chi connectivity index (χ2n) is 9.10. The van der Waals surface area contributed by atoms with Gasteiger partial charge in [-0.15, -0.1) is 11.3 Å². The van der Waals surface area contributed by atoms with E-state index in [1.54, 1.807) is 16.7 Å². The minimum atomic E-state index is -3.56. The molecule has 5 rings (SSSR count). The summed E-state index contributed by atoms with van der Waals surface area (Å²) in [7, 11) is -0.642. The van der Waals surface area contributed by atoms with Gasteiger partial charge in [-0.2, -0.15) is 0 Å². The van der Waals surface area contributed by atoms with E-state index in [2.05, 4.69) is 5.32 Å². The van der Waals surface area contributed by atoms with E-state index in [-0.39, 0.29) is 22.1 Å². The molecule has 2 aromatic heterocycles. The largest absolute Gasteiger partial charge is 0.325 e. The second-order valence-corrected chi connectivity index (χ2v) is 13.4. The normalized spacial score (nSPS) is 11.7. The van der Waals surface area contributed by atoms with Gasteiger partial charge in [0.1, 0.15) is 4.83 Å². The van der Waals surface area contributed by atoms with Crippen molar-refractivity contribution in [2.45, 2.75) is 17.0 Å². The van der Waals surface area contributed by atoms with Crippen molar-refractivity contribution in [1.29, 1.82) is 0 Å². The molecule has 204 valence electrons. The third kappa shape index (κ3) is 5.46. The SMILES string of the molecule is Cc1sc2nc(SCC(=O)Nc3ccc(S(=O)(=O)N(C)C)cc3)n(-c3ccccc3)c(=O)c2c1-c1ccccc1. The molecule has 0 unspecified atom stereocenters. The zero-order valence-electron chi connectivity index (χ0n) is 22.0. The number of nitrogens with one attached hydrogen (secondary N) is 1. The monoisotopic (exact) mass is 590 g/mol. The highest BCUT2D eigenvalue weighted by Gasteiger charge is 2.22. The van der Waals surface area contributed by atoms with Crippen LogP contribution in [-0.2, 0) is 14.8 Å². The second kappa shape index (κ2) is 11.4. The van der Waals surface area contributed by atoms with E-state index in [0.717, 1.165) is 32.1 Å². The van der Waals surface area contributed by atoms with Crippen LogP contribution in [0.2, 0.25) is 0 Å². The van der Waals surface area contributed by atoms with E-state index >= 15 is 0 Å². The van der Waals surface area contributed by atoms with Crippen molar-refractivity contribution in [1.82, 2.24) is 13.9 Å². The molecule has 0 bridgehead atoms. The van der Waals surface area contributed by atoms with Crippen molar-refractivity contribution in [3.05, 3.63) is 100 Å². The summed E-state index contributed by atoms with van der Waals surface area (Å²) in [6.45, 7) is 1.98. The minimum absolute atomic E-state index is 0.00156. The lowest BCUT2D eigenvalue weighted by Gasteiger charge is -2.13. The molecule has 0 spiro atoms. The first-order chi connectivity index (χ1) is 19.2. The van der Waals surface area contributed by atoms with E-state index in [1.165, 1.54) is 37.6 Å². The first-order valence-electron chi connectivity index (χ1n) is 12.3. The third-order valence-corrected chi connectivity index (χ3v) is 9.96. The summed E-state index contributed by atoms with van der Waals surface area (Å²) in [5.74, 6) is -0.312. The predicted octanol–water partition coefficient (Wildman–Crippen LogP) is 5.40. The first kappa shape index (κ1) is 27.8. The van der Waals surface area contributed by atoms with Gasteiger partial charge in [-0.3, -0.25) is 14.2 Å². The summed E-state index contributed by atoms with van der Waals surface area (Å²) in [4.78, 5) is 33.5. The van der Waals surface area contributed by atoms with Gasteiger partial charge in [0.15, 0.2) is 5.16 Å². The van der Waals surface area contributed by atoms with E-state index in [0.29, 0.717) is 26.7 Å². The molecule has 0 aliphatic heterocycles. The highest BCUT2D eigenvalue weighted by molar-refractivity contribution is 7.99. The van der Waals surface area contributed by atoms with E-state index in [4.69, 9.17) is 4.98 Å². The number of hydrogen-bond acceptors (Lipinski definition) is 7. The number of para-hydroxylation sites is 1. The third-order valence-electron chi connectivity index (χ3n) is 6.20. The van der Waals surface area contributed by atoms with Gasteiger partial charge in [-0.25, -0.2) is 17.7 Å². The molecule has 3 aromatic carbocycles. The Kier molecular flexibility index (Phi) is 7.90. The summed E-state index contributed by atoms with van der Waals surface area (Å²) in [5.41, 5.74) is 2.75. The van der Waals surface area contributed by atoms with Gasteiger partial charge in [-0.05, 0) is 48.9 Å². The zero-order valence-corrected chi connectivity index (χ0v) is 24.4. The fraction of sp³-hybridized carbons (Fsp3) is 0.138. The van der Waals surface area contributed by atoms with Gasteiger partial charge < -0.3 is 5.32 Å². The highest BCUT2D eigenvalue weighted by Crippen LogP contribution is 2.37. The van der Waals surface area contributed by atoms with Crippen LogP contribution in [-0.4, -0.2) is 48.0 Å². The molecule has 2 heterocycles. The fourth-order valence-corrected chi connectivity index (χ4v) is 7.05. The van der Waals surface area contributed by atoms with Crippen LogP contribution >= 0.6 is 23.1 Å². The molecule has 0 atom stereocenters. The Hall–Kier alpha value is -3.77. The van der Waals surface area contributed by atoms with Gasteiger partial charge in [-0.1, -0.05) is 60.3 Å². The lowest BCUT2D eigenvalue weighted by molar-refractivity contribution is -0.113. The first-order valence-corrected chi connectivity index (χ1v) is 15.5. The van der Waals surface area contributed by atoms with Crippen LogP contribution in [0, 0.1) is 6.92 Å². The van der Waals surface area contributed by atoms with Crippen molar-refractivity contribution in [3.63, 3.8) is 0 Å². The summed E-state index contributed by atoms with van der Waals surface area (Å²) in [5, 5.41) is 3.75. The zero-order chi connectivity index (χ0) is 28.4. The Morgan fingerprint density at radius 3 is 2.23 bits per heavy atom. The number of rotatable bonds is 8. The van der Waals surface area contributed by atoms with E-state index < -0.39 is 10.0 Å². The minimum Gasteiger partial charge on any atom is -0.325 e. The molecular weight excluding hydrogens is 565 g/mol. The Balaban J connectivity index is 1.46. The summed E-state index contributed by atoms with van der Waals surface area (Å²) in [6.07, 6.45) is 0. The fourth-order valence-electron chi connectivity index (χ4n) is 4.24. The Morgan fingerprint density at radius 2 is 1.60 bits per heavy atom. The summed E-state index contributed by atoms with van der Waals surface area (Å²) < 4.78 is 27.3. The number of fused-ring (bicyclic) bond motifs is 1. The number of aryl methyl sites for hydroxylation is 1. The number of aromatic nitrogens is 2. The maximum atomic E-state index is 14.0. The van der Waals surface area contributed by atoms with Crippen LogP contribution < -0.4 is 10.9 Å². The lowest BCUT2D eigenvalue weighted by atomic mass is 10.0. The number of carbonyl (C=O) groups excluding carboxylic acids is 1. The van der Waals surface area contributed by atoms with Gasteiger partial charge in [0.25, 0.3) is 5.56 Å². The van der Waals surface area contributed by atoms with Crippen molar-refractivity contribution < 1.29 is 13.2 Å². The average Bonchev–Trinajstić information content (AvgIpc) is 3.29. The number of sulfonamides is 1. The van der Waals surface area contributed by atoms with Crippen LogP contribution in [0.25, 0.3) is 27.0 Å². The number of anilines is 1. The van der Waals surface area contributed by atoms with Gasteiger partial charge in [0.05, 0.1) is 21.7 Å². The topological polar surface area (TPSA) is 101 Å². The van der Waals surface area contributed by atoms with E-state index in [9.17, 15) is 18.0 Å². The average molecular weight is 591 g/mol. The van der Waals surface area contributed by atoms with Crippen molar-refractivity contribution in [2.75, 3.05) is 25.2 Å². The summed E-state index contributed by atoms with van der Waals surface area (Å²) in [6, 6.07) is 25.0. The number of thioether (sulfide) groups is 1. The highest BCUT2D eigenvalue weighted by atomic mass is 32.2. The molecule has 0 fully saturated rings. The van der Waals surface area contributed by atoms with Crippen LogP contribution in [0.5, 0.6) is 0 Å². The molecule has 40 heavy (non-hydrogen) atoms. The molecule has 1 N–H and O–H groups in total. The smallest absolute Gasteiger partial charge is 0.268 e. The molecule has 0 saturated heterocycles. The van der Waals surface area contributed by atoms with Gasteiger partial charge >= 0.3 is 0 Å². The molecule has 0 aliphatic carbocycles. The maximum absolute atomic E-state index is 14.0. The van der Waals surface area contributed by atoms with Crippen molar-refractivity contribution >= 4 is 54.9 Å². The molecule has 8 nitrogen and oxygen atoms in total. The standard InChI is InChI=1S/C29H26N4O4S3/c1-19-25(20-10-6-4-7-11-20)26-27(39-19)31-29(33(28(26)35)22-12-8-5-9-13-22)38-18-24(34)30-21-14-16-23(17-15-21)40(36,37)32(2)3/h4-17H,18H2,1-3H3,(H,30,34). The Bertz CT molecular complexity index is 1850. The number of nitrogens with zero attached hydrogens (tertiary/aromatic N) is 3. The predicted molar refractivity (Wildman–Crippen MR) is 162 cm³/mol. The number of benzene rings is 3. The molecule has 0 aliphatic rings. The maximum Gasteiger partial charge on any atom is 0.268 e. The van der Waals surface area contributed by atoms with Crippen LogP contribution in [0.4, 0.5) is 5.69 Å². The van der Waals surface area contributed by atoms with Crippen LogP contribution in [0.1, 0.15) is 4.88 Å². The Morgan fingerprint density at radius 1 is 0.975 bits per heavy atom. The number of carbonyl (C=O) groups is 1. The molecule has 11 heteroatoms. The van der Waals surface area contributed by atoms with Crippen LogP contribution in [0.3, 0.4) is 0 Å². The molecule has 5 aromatic rings. The van der Waals surface area contributed by atoms with Crippen molar-refractivity contribution in [2.24, 2.45) is 0 Å². The number of hydrogen-bond donors (Lipinski definition) is 1. The molecule has 1 amide bonds. The van der Waals surface area contributed by atoms with Crippen LogP contribution in [0.15, 0.2) is 99.8 Å². The number of thiophene rings is 1. The van der Waals surface area contributed by atoms with Gasteiger partial charge in [0, 0.05) is 30.2 Å². The van der Waals surface area contributed by atoms with Crippen molar-refractivity contribution in [3.8, 4) is 16.8 Å². The molecular formula is C29H26N4O4S3. The van der Waals surface area contributed by atoms with E-state index in [1.807, 2.05) is 67.6 Å². The molecule has 0 saturated carbocycles.